The maximum Gasteiger partial charge on any atom is 0.435 e. The third kappa shape index (κ3) is 2.76. The highest BCUT2D eigenvalue weighted by Crippen LogP contribution is 2.33. The van der Waals surface area contributed by atoms with Gasteiger partial charge in [0.05, 0.1) is 5.69 Å². The van der Waals surface area contributed by atoms with Crippen LogP contribution in [-0.2, 0) is 20.3 Å². The quantitative estimate of drug-likeness (QED) is 0.923. The molecule has 0 aliphatic rings. The number of halogens is 3. The first-order valence-corrected chi connectivity index (χ1v) is 6.04. The molecule has 21 heavy (non-hydrogen) atoms. The molecule has 2 rings (SSSR count). The molecule has 0 unspecified atom stereocenters. The number of amides is 1. The van der Waals surface area contributed by atoms with Gasteiger partial charge in [0.25, 0.3) is 5.91 Å². The van der Waals surface area contributed by atoms with Crippen molar-refractivity contribution in [2.75, 3.05) is 5.32 Å². The molecule has 6 nitrogen and oxygen atoms in total. The van der Waals surface area contributed by atoms with E-state index in [-0.39, 0.29) is 17.1 Å². The minimum atomic E-state index is -4.56. The van der Waals surface area contributed by atoms with Gasteiger partial charge < -0.3 is 5.32 Å². The zero-order valence-electron chi connectivity index (χ0n) is 11.9. The number of anilines is 1. The number of hydrogen-bond donors (Lipinski definition) is 1. The minimum Gasteiger partial charge on any atom is -0.305 e. The van der Waals surface area contributed by atoms with Gasteiger partial charge in [-0.2, -0.15) is 23.4 Å². The highest BCUT2D eigenvalue weighted by molar-refractivity contribution is 6.03. The summed E-state index contributed by atoms with van der Waals surface area (Å²) in [6.45, 7) is 2.98. The maximum atomic E-state index is 12.8. The highest BCUT2D eigenvalue weighted by atomic mass is 19.4. The summed E-state index contributed by atoms with van der Waals surface area (Å²) < 4.78 is 40.7. The average molecular weight is 301 g/mol. The van der Waals surface area contributed by atoms with Gasteiger partial charge in [0.15, 0.2) is 5.69 Å². The van der Waals surface area contributed by atoms with Crippen molar-refractivity contribution in [3.05, 3.63) is 28.7 Å². The van der Waals surface area contributed by atoms with E-state index in [2.05, 4.69) is 15.5 Å². The van der Waals surface area contributed by atoms with Crippen LogP contribution in [0.3, 0.4) is 0 Å². The molecule has 2 heterocycles. The number of aryl methyl sites for hydroxylation is 3. The molecule has 0 saturated heterocycles. The second-order valence-corrected chi connectivity index (χ2v) is 4.69. The number of aromatic nitrogens is 4. The van der Waals surface area contributed by atoms with Gasteiger partial charge in [0.1, 0.15) is 11.5 Å². The Morgan fingerprint density at radius 2 is 1.81 bits per heavy atom. The maximum absolute atomic E-state index is 12.8. The molecule has 0 aliphatic carbocycles. The fourth-order valence-electron chi connectivity index (χ4n) is 2.07. The Hall–Kier alpha value is -2.32. The Balaban J connectivity index is 2.34. The van der Waals surface area contributed by atoms with Gasteiger partial charge in [-0.1, -0.05) is 0 Å². The summed E-state index contributed by atoms with van der Waals surface area (Å²) in [5.41, 5.74) is -0.249. The van der Waals surface area contributed by atoms with E-state index in [1.165, 1.54) is 18.7 Å². The third-order valence-electron chi connectivity index (χ3n) is 3.02. The van der Waals surface area contributed by atoms with Gasteiger partial charge in [-0.25, -0.2) is 0 Å². The molecule has 0 aliphatic heterocycles. The number of carbonyl (C=O) groups excluding carboxylic acids is 1. The molecule has 1 N–H and O–H groups in total. The molecule has 0 atom stereocenters. The van der Waals surface area contributed by atoms with Gasteiger partial charge in [-0.05, 0) is 19.9 Å². The number of nitrogens with one attached hydrogen (secondary N) is 1. The molecule has 0 aromatic carbocycles. The molecule has 0 saturated carbocycles. The van der Waals surface area contributed by atoms with Crippen LogP contribution in [0.5, 0.6) is 0 Å². The van der Waals surface area contributed by atoms with Crippen LogP contribution >= 0.6 is 0 Å². The summed E-state index contributed by atoms with van der Waals surface area (Å²) in [6, 6.07) is 1.55. The molecule has 0 spiro atoms. The van der Waals surface area contributed by atoms with E-state index in [9.17, 15) is 18.0 Å². The fraction of sp³-hybridized carbons (Fsp3) is 0.417. The van der Waals surface area contributed by atoms with Crippen LogP contribution < -0.4 is 5.32 Å². The van der Waals surface area contributed by atoms with Gasteiger partial charge in [-0.15, -0.1) is 0 Å². The van der Waals surface area contributed by atoms with Crippen molar-refractivity contribution in [1.29, 1.82) is 0 Å². The fourth-order valence-corrected chi connectivity index (χ4v) is 2.07. The lowest BCUT2D eigenvalue weighted by molar-refractivity contribution is -0.141. The van der Waals surface area contributed by atoms with Crippen LogP contribution in [0.4, 0.5) is 19.0 Å². The van der Waals surface area contributed by atoms with E-state index in [0.29, 0.717) is 5.69 Å². The van der Waals surface area contributed by atoms with Crippen molar-refractivity contribution >= 4 is 11.7 Å². The van der Waals surface area contributed by atoms with Crippen LogP contribution in [0.25, 0.3) is 0 Å². The average Bonchev–Trinajstić information content (AvgIpc) is 2.82. The first-order valence-electron chi connectivity index (χ1n) is 6.04. The number of alkyl halides is 3. The molecule has 2 aromatic heterocycles. The monoisotopic (exact) mass is 301 g/mol. The molecular weight excluding hydrogens is 287 g/mol. The Morgan fingerprint density at radius 1 is 1.19 bits per heavy atom. The highest BCUT2D eigenvalue weighted by Gasteiger charge is 2.37. The summed E-state index contributed by atoms with van der Waals surface area (Å²) in [5.74, 6) is -0.538. The Kier molecular flexibility index (Phi) is 3.52. The summed E-state index contributed by atoms with van der Waals surface area (Å²) in [5, 5.41) is 9.87. The molecule has 1 amide bonds. The van der Waals surface area contributed by atoms with E-state index < -0.39 is 17.8 Å². The van der Waals surface area contributed by atoms with Crippen LogP contribution in [0, 0.1) is 13.8 Å². The van der Waals surface area contributed by atoms with E-state index in [1.807, 2.05) is 0 Å². The smallest absolute Gasteiger partial charge is 0.305 e. The standard InChI is InChI=1S/C12H14F3N5O/c1-6-5-8(19(3)17-6)11(21)16-10-7(2)9(12(13,14)15)18-20(10)4/h5H,1-4H3,(H,16,21). The normalized spacial score (nSPS) is 11.8. The van der Waals surface area contributed by atoms with E-state index in [0.717, 1.165) is 4.68 Å². The molecule has 0 bridgehead atoms. The lowest BCUT2D eigenvalue weighted by atomic mass is 10.2. The SMILES string of the molecule is Cc1cc(C(=O)Nc2c(C)c(C(F)(F)F)nn2C)n(C)n1. The Bertz CT molecular complexity index is 699. The first kappa shape index (κ1) is 15.1. The predicted octanol–water partition coefficient (Wildman–Crippen LogP) is 2.04. The van der Waals surface area contributed by atoms with Crippen LogP contribution in [-0.4, -0.2) is 25.5 Å². The van der Waals surface area contributed by atoms with E-state index in [4.69, 9.17) is 0 Å². The van der Waals surface area contributed by atoms with Gasteiger partial charge in [-0.3, -0.25) is 14.2 Å². The minimum absolute atomic E-state index is 0.00572. The second kappa shape index (κ2) is 4.90. The van der Waals surface area contributed by atoms with E-state index >= 15 is 0 Å². The largest absolute Gasteiger partial charge is 0.435 e. The predicted molar refractivity (Wildman–Crippen MR) is 68.8 cm³/mol. The van der Waals surface area contributed by atoms with Crippen LogP contribution in [0.1, 0.15) is 27.4 Å². The lowest BCUT2D eigenvalue weighted by Gasteiger charge is -2.07. The van der Waals surface area contributed by atoms with Crippen LogP contribution in [0.2, 0.25) is 0 Å². The first-order chi connectivity index (χ1) is 9.61. The van der Waals surface area contributed by atoms with Gasteiger partial charge >= 0.3 is 6.18 Å². The number of nitrogens with zero attached hydrogens (tertiary/aromatic N) is 4. The van der Waals surface area contributed by atoms with Crippen molar-refractivity contribution in [2.45, 2.75) is 20.0 Å². The second-order valence-electron chi connectivity index (χ2n) is 4.69. The number of rotatable bonds is 2. The lowest BCUT2D eigenvalue weighted by Crippen LogP contribution is -2.18. The van der Waals surface area contributed by atoms with Crippen molar-refractivity contribution in [3.8, 4) is 0 Å². The summed E-state index contributed by atoms with van der Waals surface area (Å²) in [7, 11) is 2.92. The molecule has 2 aromatic rings. The van der Waals surface area contributed by atoms with Crippen molar-refractivity contribution < 1.29 is 18.0 Å². The van der Waals surface area contributed by atoms with E-state index in [1.54, 1.807) is 20.0 Å². The summed E-state index contributed by atoms with van der Waals surface area (Å²) in [6.07, 6.45) is -4.56. The topological polar surface area (TPSA) is 64.7 Å². The Labute approximate surface area is 118 Å². The summed E-state index contributed by atoms with van der Waals surface area (Å²) >= 11 is 0. The number of hydrogen-bond acceptors (Lipinski definition) is 3. The van der Waals surface area contributed by atoms with Gasteiger partial charge in [0.2, 0.25) is 0 Å². The van der Waals surface area contributed by atoms with Crippen molar-refractivity contribution in [1.82, 2.24) is 19.6 Å². The molecule has 0 fully saturated rings. The molecule has 9 heteroatoms. The van der Waals surface area contributed by atoms with Gasteiger partial charge in [0, 0.05) is 19.7 Å². The zero-order chi connectivity index (χ0) is 15.9. The number of carbonyl (C=O) groups is 1. The molecule has 0 radical (unpaired) electrons. The molecule has 114 valence electrons. The van der Waals surface area contributed by atoms with Crippen molar-refractivity contribution in [3.63, 3.8) is 0 Å². The summed E-state index contributed by atoms with van der Waals surface area (Å²) in [4.78, 5) is 12.1. The Morgan fingerprint density at radius 3 is 2.24 bits per heavy atom. The molecular formula is C12H14F3N5O. The zero-order valence-corrected chi connectivity index (χ0v) is 11.9. The van der Waals surface area contributed by atoms with Crippen molar-refractivity contribution in [2.24, 2.45) is 14.1 Å². The van der Waals surface area contributed by atoms with Crippen LogP contribution in [0.15, 0.2) is 6.07 Å². The third-order valence-corrected chi connectivity index (χ3v) is 3.02.